The Morgan fingerprint density at radius 1 is 1.17 bits per heavy atom. The van der Waals surface area contributed by atoms with Gasteiger partial charge < -0.3 is 10.4 Å². The maximum atomic E-state index is 12.1. The second-order valence-corrected chi connectivity index (χ2v) is 8.91. The molecule has 23 heavy (non-hydrogen) atoms. The van der Waals surface area contributed by atoms with Crippen molar-refractivity contribution in [2.45, 2.75) is 70.9 Å². The molecule has 0 aromatic heterocycles. The van der Waals surface area contributed by atoms with E-state index in [9.17, 15) is 18.0 Å². The van der Waals surface area contributed by atoms with Gasteiger partial charge in [-0.15, -0.1) is 0 Å². The van der Waals surface area contributed by atoms with Crippen molar-refractivity contribution in [2.75, 3.05) is 5.75 Å². The smallest absolute Gasteiger partial charge is 0.303 e. The van der Waals surface area contributed by atoms with Gasteiger partial charge in [-0.25, -0.2) is 13.1 Å². The van der Waals surface area contributed by atoms with Crippen molar-refractivity contribution in [1.29, 1.82) is 0 Å². The lowest BCUT2D eigenvalue weighted by molar-refractivity contribution is -0.137. The summed E-state index contributed by atoms with van der Waals surface area (Å²) < 4.78 is 26.8. The van der Waals surface area contributed by atoms with Gasteiger partial charge in [0.25, 0.3) is 0 Å². The summed E-state index contributed by atoms with van der Waals surface area (Å²) in [5.41, 5.74) is -0.759. The van der Waals surface area contributed by atoms with E-state index in [-0.39, 0.29) is 18.9 Å². The van der Waals surface area contributed by atoms with Crippen molar-refractivity contribution >= 4 is 21.9 Å². The fraction of sp³-hybridized carbons (Fsp3) is 0.867. The number of nitrogens with one attached hydrogen (secondary N) is 2. The van der Waals surface area contributed by atoms with Crippen LogP contribution in [0, 0.1) is 5.92 Å². The summed E-state index contributed by atoms with van der Waals surface area (Å²) in [6.07, 6.45) is 3.72. The highest BCUT2D eigenvalue weighted by atomic mass is 32.2. The lowest BCUT2D eigenvalue weighted by Crippen LogP contribution is -2.48. The number of amides is 1. The van der Waals surface area contributed by atoms with E-state index in [1.807, 2.05) is 0 Å². The van der Waals surface area contributed by atoms with Gasteiger partial charge in [0.1, 0.15) is 5.75 Å². The Balaban J connectivity index is 2.46. The molecular formula is C15H28N2O5S. The number of rotatable bonds is 8. The van der Waals surface area contributed by atoms with Gasteiger partial charge in [0.05, 0.1) is 0 Å². The molecule has 7 nitrogen and oxygen atoms in total. The number of carboxylic acids is 1. The van der Waals surface area contributed by atoms with Crippen LogP contribution in [0.3, 0.4) is 0 Å². The van der Waals surface area contributed by atoms with E-state index in [0.29, 0.717) is 5.92 Å². The van der Waals surface area contributed by atoms with Gasteiger partial charge in [-0.05, 0) is 51.9 Å². The number of hydrogen-bond acceptors (Lipinski definition) is 4. The molecule has 0 aromatic carbocycles. The molecule has 0 spiro atoms. The fourth-order valence-electron chi connectivity index (χ4n) is 2.74. The van der Waals surface area contributed by atoms with Crippen LogP contribution < -0.4 is 10.0 Å². The number of hydrogen-bond donors (Lipinski definition) is 3. The second kappa shape index (κ2) is 8.10. The quantitative estimate of drug-likeness (QED) is 0.611. The van der Waals surface area contributed by atoms with Gasteiger partial charge in [-0.2, -0.15) is 0 Å². The first kappa shape index (κ1) is 19.9. The van der Waals surface area contributed by atoms with Gasteiger partial charge in [0, 0.05) is 18.0 Å². The van der Waals surface area contributed by atoms with Crippen LogP contribution in [0.4, 0.5) is 0 Å². The Labute approximate surface area is 138 Å². The molecule has 1 saturated carbocycles. The van der Waals surface area contributed by atoms with E-state index in [2.05, 4.69) is 17.0 Å². The maximum Gasteiger partial charge on any atom is 0.303 e. The van der Waals surface area contributed by atoms with E-state index in [0.717, 1.165) is 25.7 Å². The van der Waals surface area contributed by atoms with Gasteiger partial charge in [0.2, 0.25) is 15.9 Å². The Morgan fingerprint density at radius 3 is 2.26 bits per heavy atom. The average Bonchev–Trinajstić information content (AvgIpc) is 2.37. The number of aliphatic carboxylic acids is 1. The minimum atomic E-state index is -3.68. The summed E-state index contributed by atoms with van der Waals surface area (Å²) in [5.74, 6) is -1.57. The molecule has 0 aromatic rings. The highest BCUT2D eigenvalue weighted by molar-refractivity contribution is 7.90. The molecule has 1 aliphatic rings. The topological polar surface area (TPSA) is 113 Å². The van der Waals surface area contributed by atoms with Crippen LogP contribution in [0.5, 0.6) is 0 Å². The molecule has 1 amide bonds. The van der Waals surface area contributed by atoms with Crippen LogP contribution in [-0.2, 0) is 19.6 Å². The monoisotopic (exact) mass is 348 g/mol. The molecule has 0 saturated heterocycles. The molecule has 0 atom stereocenters. The Hall–Kier alpha value is -1.15. The molecule has 1 aliphatic carbocycles. The summed E-state index contributed by atoms with van der Waals surface area (Å²) in [7, 11) is -3.68. The normalized spacial score (nSPS) is 22.6. The van der Waals surface area contributed by atoms with Crippen LogP contribution in [0.15, 0.2) is 0 Å². The van der Waals surface area contributed by atoms with Crippen molar-refractivity contribution in [2.24, 2.45) is 5.92 Å². The van der Waals surface area contributed by atoms with Crippen LogP contribution >= 0.6 is 0 Å². The standard InChI is InChI=1S/C15H28N2O5S/c1-11-4-6-12(7-5-11)17-23(21,22)10-13(18)16-15(2,3)9-8-14(19)20/h11-12,17H,4-10H2,1-3H3,(H,16,18)(H,19,20). The third kappa shape index (κ3) is 8.31. The lowest BCUT2D eigenvalue weighted by Gasteiger charge is -2.28. The van der Waals surface area contributed by atoms with Gasteiger partial charge in [0.15, 0.2) is 0 Å². The zero-order chi connectivity index (χ0) is 17.7. The summed E-state index contributed by atoms with van der Waals surface area (Å²) in [6.45, 7) is 5.50. The predicted molar refractivity (Wildman–Crippen MR) is 87.4 cm³/mol. The molecule has 0 heterocycles. The first-order chi connectivity index (χ1) is 10.5. The lowest BCUT2D eigenvalue weighted by atomic mass is 9.88. The Morgan fingerprint density at radius 2 is 1.74 bits per heavy atom. The summed E-state index contributed by atoms with van der Waals surface area (Å²) in [4.78, 5) is 22.5. The molecule has 0 aliphatic heterocycles. The first-order valence-corrected chi connectivity index (χ1v) is 9.67. The number of carbonyl (C=O) groups excluding carboxylic acids is 1. The summed E-state index contributed by atoms with van der Waals surface area (Å²) >= 11 is 0. The highest BCUT2D eigenvalue weighted by Crippen LogP contribution is 2.23. The third-order valence-corrected chi connectivity index (χ3v) is 5.46. The van der Waals surface area contributed by atoms with Crippen molar-refractivity contribution in [3.05, 3.63) is 0 Å². The SMILES string of the molecule is CC1CCC(NS(=O)(=O)CC(=O)NC(C)(C)CCC(=O)O)CC1. The van der Waals surface area contributed by atoms with Gasteiger partial charge in [-0.1, -0.05) is 6.92 Å². The van der Waals surface area contributed by atoms with E-state index in [1.165, 1.54) is 0 Å². The van der Waals surface area contributed by atoms with Crippen LogP contribution in [0.2, 0.25) is 0 Å². The Kier molecular flexibility index (Phi) is 7.01. The number of carbonyl (C=O) groups is 2. The molecule has 1 rings (SSSR count). The van der Waals surface area contributed by atoms with E-state index >= 15 is 0 Å². The summed E-state index contributed by atoms with van der Waals surface area (Å²) in [5, 5.41) is 11.3. The molecule has 8 heteroatoms. The minimum Gasteiger partial charge on any atom is -0.481 e. The van der Waals surface area contributed by atoms with Crippen molar-refractivity contribution in [1.82, 2.24) is 10.0 Å². The first-order valence-electron chi connectivity index (χ1n) is 8.02. The fourth-order valence-corrected chi connectivity index (χ4v) is 3.99. The summed E-state index contributed by atoms with van der Waals surface area (Å²) in [6, 6.07) is -0.0935. The van der Waals surface area contributed by atoms with Crippen LogP contribution in [-0.4, -0.2) is 42.7 Å². The highest BCUT2D eigenvalue weighted by Gasteiger charge is 2.27. The minimum absolute atomic E-state index is 0.0848. The zero-order valence-corrected chi connectivity index (χ0v) is 14.9. The van der Waals surface area contributed by atoms with E-state index in [4.69, 9.17) is 5.11 Å². The molecule has 3 N–H and O–H groups in total. The van der Waals surface area contributed by atoms with Crippen molar-refractivity contribution in [3.8, 4) is 0 Å². The van der Waals surface area contributed by atoms with Crippen LogP contribution in [0.1, 0.15) is 59.3 Å². The third-order valence-electron chi connectivity index (χ3n) is 4.12. The predicted octanol–water partition coefficient (Wildman–Crippen LogP) is 1.24. The molecule has 134 valence electrons. The molecule has 0 radical (unpaired) electrons. The van der Waals surface area contributed by atoms with Crippen molar-refractivity contribution < 1.29 is 23.1 Å². The molecular weight excluding hydrogens is 320 g/mol. The van der Waals surface area contributed by atoms with E-state index in [1.54, 1.807) is 13.8 Å². The van der Waals surface area contributed by atoms with Crippen molar-refractivity contribution in [3.63, 3.8) is 0 Å². The Bertz CT molecular complexity index is 522. The average molecular weight is 348 g/mol. The maximum absolute atomic E-state index is 12.1. The van der Waals surface area contributed by atoms with Gasteiger partial charge in [-0.3, -0.25) is 9.59 Å². The number of sulfonamides is 1. The van der Waals surface area contributed by atoms with E-state index < -0.39 is 33.2 Å². The molecule has 1 fully saturated rings. The molecule has 0 bridgehead atoms. The van der Waals surface area contributed by atoms with Crippen LogP contribution in [0.25, 0.3) is 0 Å². The zero-order valence-electron chi connectivity index (χ0n) is 14.1. The molecule has 0 unspecified atom stereocenters. The largest absolute Gasteiger partial charge is 0.481 e. The number of carboxylic acid groups (broad SMARTS) is 1. The second-order valence-electron chi connectivity index (χ2n) is 7.16. The van der Waals surface area contributed by atoms with Gasteiger partial charge >= 0.3 is 5.97 Å².